The smallest absolute Gasteiger partial charge is 0.407 e. The molecule has 182 valence electrons. The number of carbonyl (C=O) groups excluding carboxylic acids is 2. The molecule has 2 aromatic rings. The third-order valence-corrected chi connectivity index (χ3v) is 5.88. The number of nitrogens with one attached hydrogen (secondary N) is 2. The van der Waals surface area contributed by atoms with Crippen LogP contribution in [0.1, 0.15) is 43.7 Å². The summed E-state index contributed by atoms with van der Waals surface area (Å²) < 4.78 is 10.9. The van der Waals surface area contributed by atoms with Crippen LogP contribution in [0.3, 0.4) is 0 Å². The zero-order valence-corrected chi connectivity index (χ0v) is 19.6. The maximum atomic E-state index is 12.1. The second-order valence-corrected chi connectivity index (χ2v) is 8.63. The van der Waals surface area contributed by atoms with Crippen molar-refractivity contribution >= 4 is 18.0 Å². The van der Waals surface area contributed by atoms with E-state index in [1.807, 2.05) is 38.1 Å². The molecule has 8 heteroatoms. The van der Waals surface area contributed by atoms with Gasteiger partial charge in [0.25, 0.3) is 0 Å². The Bertz CT molecular complexity index is 961. The van der Waals surface area contributed by atoms with E-state index in [1.165, 1.54) is 11.1 Å². The van der Waals surface area contributed by atoms with Crippen LogP contribution >= 0.6 is 0 Å². The highest BCUT2D eigenvalue weighted by Gasteiger charge is 2.29. The molecule has 0 unspecified atom stereocenters. The molecule has 0 spiro atoms. The highest BCUT2D eigenvalue weighted by atomic mass is 16.5. The van der Waals surface area contributed by atoms with Crippen molar-refractivity contribution < 1.29 is 29.0 Å². The summed E-state index contributed by atoms with van der Waals surface area (Å²) >= 11 is 0. The van der Waals surface area contributed by atoms with Gasteiger partial charge in [-0.1, -0.05) is 62.4 Å². The number of amides is 2. The van der Waals surface area contributed by atoms with Crippen LogP contribution in [0, 0.1) is 5.92 Å². The van der Waals surface area contributed by atoms with Gasteiger partial charge in [0.2, 0.25) is 5.91 Å². The fraction of sp³-hybridized carbons (Fsp3) is 0.423. The van der Waals surface area contributed by atoms with Gasteiger partial charge in [-0.15, -0.1) is 0 Å². The van der Waals surface area contributed by atoms with E-state index in [-0.39, 0.29) is 57.0 Å². The molecule has 1 aliphatic carbocycles. The molecule has 0 fully saturated rings. The first-order valence-electron chi connectivity index (χ1n) is 11.5. The third-order valence-electron chi connectivity index (χ3n) is 5.88. The standard InChI is InChI=1S/C26H32N2O6/c1-17(2)23(15-25(30)31)28-24(29)11-13-33-14-12-27-26(32)34-16-22-20-9-5-3-7-18(20)19-8-4-6-10-21(19)22/h3-10,17,22-23H,11-16H2,1-2H3,(H,27,32)(H,28,29)(H,30,31)/t23-/m0/s1. The molecule has 0 heterocycles. The fourth-order valence-corrected chi connectivity index (χ4v) is 4.06. The number of fused-ring (bicyclic) bond motifs is 3. The maximum absolute atomic E-state index is 12.1. The molecule has 2 amide bonds. The van der Waals surface area contributed by atoms with Crippen molar-refractivity contribution in [3.05, 3.63) is 59.7 Å². The average Bonchev–Trinajstić information content (AvgIpc) is 3.13. The predicted molar refractivity (Wildman–Crippen MR) is 128 cm³/mol. The molecule has 34 heavy (non-hydrogen) atoms. The summed E-state index contributed by atoms with van der Waals surface area (Å²) in [7, 11) is 0. The van der Waals surface area contributed by atoms with Gasteiger partial charge in [-0.2, -0.15) is 0 Å². The van der Waals surface area contributed by atoms with Crippen LogP contribution in [0.5, 0.6) is 0 Å². The van der Waals surface area contributed by atoms with Gasteiger partial charge < -0.3 is 25.2 Å². The van der Waals surface area contributed by atoms with Crippen LogP contribution < -0.4 is 10.6 Å². The summed E-state index contributed by atoms with van der Waals surface area (Å²) in [5.41, 5.74) is 4.65. The van der Waals surface area contributed by atoms with Crippen molar-refractivity contribution in [2.75, 3.05) is 26.4 Å². The number of carbonyl (C=O) groups is 3. The lowest BCUT2D eigenvalue weighted by molar-refractivity contribution is -0.138. The SMILES string of the molecule is CC(C)[C@H](CC(=O)O)NC(=O)CCOCCNC(=O)OCC1c2ccccc2-c2ccccc21. The van der Waals surface area contributed by atoms with E-state index in [1.54, 1.807) is 0 Å². The van der Waals surface area contributed by atoms with E-state index in [0.717, 1.165) is 11.1 Å². The molecular weight excluding hydrogens is 436 g/mol. The predicted octanol–water partition coefficient (Wildman–Crippen LogP) is 3.55. The minimum Gasteiger partial charge on any atom is -0.481 e. The Morgan fingerprint density at radius 3 is 2.18 bits per heavy atom. The number of carboxylic acid groups (broad SMARTS) is 1. The summed E-state index contributed by atoms with van der Waals surface area (Å²) in [6.07, 6.45) is -0.515. The number of hydrogen-bond donors (Lipinski definition) is 3. The zero-order chi connectivity index (χ0) is 24.5. The third kappa shape index (κ3) is 6.81. The molecule has 2 aromatic carbocycles. The lowest BCUT2D eigenvalue weighted by Gasteiger charge is -2.20. The van der Waals surface area contributed by atoms with E-state index in [2.05, 4.69) is 34.9 Å². The van der Waals surface area contributed by atoms with Gasteiger partial charge in [0.05, 0.1) is 19.6 Å². The number of alkyl carbamates (subject to hydrolysis) is 1. The van der Waals surface area contributed by atoms with Gasteiger partial charge in [0.1, 0.15) is 6.61 Å². The van der Waals surface area contributed by atoms with Gasteiger partial charge in [0, 0.05) is 24.9 Å². The number of ether oxygens (including phenoxy) is 2. The first-order valence-corrected chi connectivity index (χ1v) is 11.5. The number of hydrogen-bond acceptors (Lipinski definition) is 5. The van der Waals surface area contributed by atoms with Crippen molar-refractivity contribution in [3.63, 3.8) is 0 Å². The summed E-state index contributed by atoms with van der Waals surface area (Å²) in [4.78, 5) is 35.0. The van der Waals surface area contributed by atoms with E-state index < -0.39 is 18.1 Å². The highest BCUT2D eigenvalue weighted by molar-refractivity contribution is 5.79. The second kappa shape index (κ2) is 12.2. The van der Waals surface area contributed by atoms with Crippen molar-refractivity contribution in [2.45, 2.75) is 38.6 Å². The van der Waals surface area contributed by atoms with E-state index in [0.29, 0.717) is 0 Å². The molecule has 0 aromatic heterocycles. The average molecular weight is 469 g/mol. The molecule has 8 nitrogen and oxygen atoms in total. The summed E-state index contributed by atoms with van der Waals surface area (Å²) in [6, 6.07) is 15.9. The summed E-state index contributed by atoms with van der Waals surface area (Å²) in [5, 5.41) is 14.3. The molecule has 0 bridgehead atoms. The molecule has 0 aliphatic heterocycles. The van der Waals surface area contributed by atoms with Gasteiger partial charge >= 0.3 is 12.1 Å². The van der Waals surface area contributed by atoms with Crippen molar-refractivity contribution in [1.82, 2.24) is 10.6 Å². The summed E-state index contributed by atoms with van der Waals surface area (Å²) in [6.45, 7) is 4.63. The van der Waals surface area contributed by atoms with E-state index in [4.69, 9.17) is 14.6 Å². The van der Waals surface area contributed by atoms with E-state index >= 15 is 0 Å². The van der Waals surface area contributed by atoms with Gasteiger partial charge in [-0.05, 0) is 28.2 Å². The molecule has 0 saturated carbocycles. The Labute approximate surface area is 199 Å². The van der Waals surface area contributed by atoms with Gasteiger partial charge in [-0.3, -0.25) is 9.59 Å². The van der Waals surface area contributed by atoms with Crippen LogP contribution in [0.4, 0.5) is 4.79 Å². The molecular formula is C26H32N2O6. The molecule has 3 rings (SSSR count). The fourth-order valence-electron chi connectivity index (χ4n) is 4.06. The van der Waals surface area contributed by atoms with Crippen LogP contribution in [0.2, 0.25) is 0 Å². The monoisotopic (exact) mass is 468 g/mol. The van der Waals surface area contributed by atoms with Crippen molar-refractivity contribution in [2.24, 2.45) is 5.92 Å². The number of carboxylic acids is 1. The maximum Gasteiger partial charge on any atom is 0.407 e. The topological polar surface area (TPSA) is 114 Å². The summed E-state index contributed by atoms with van der Waals surface area (Å²) in [5.74, 6) is -1.19. The highest BCUT2D eigenvalue weighted by Crippen LogP contribution is 2.44. The van der Waals surface area contributed by atoms with Crippen molar-refractivity contribution in [3.8, 4) is 11.1 Å². The largest absolute Gasteiger partial charge is 0.481 e. The minimum atomic E-state index is -0.949. The zero-order valence-electron chi connectivity index (χ0n) is 19.6. The lowest BCUT2D eigenvalue weighted by atomic mass is 9.98. The van der Waals surface area contributed by atoms with Crippen molar-refractivity contribution in [1.29, 1.82) is 0 Å². The van der Waals surface area contributed by atoms with Gasteiger partial charge in [-0.25, -0.2) is 4.79 Å². The Hall–Kier alpha value is -3.39. The number of aliphatic carboxylic acids is 1. The molecule has 0 radical (unpaired) electrons. The Morgan fingerprint density at radius 2 is 1.59 bits per heavy atom. The normalized spacial score (nSPS) is 13.1. The van der Waals surface area contributed by atoms with E-state index in [9.17, 15) is 14.4 Å². The Kier molecular flexibility index (Phi) is 9.04. The van der Waals surface area contributed by atoms with Gasteiger partial charge in [0.15, 0.2) is 0 Å². The first kappa shape index (κ1) is 25.2. The quantitative estimate of drug-likeness (QED) is 0.411. The second-order valence-electron chi connectivity index (χ2n) is 8.63. The molecule has 1 aliphatic rings. The molecule has 1 atom stereocenters. The Balaban J connectivity index is 1.33. The molecule has 0 saturated heterocycles. The van der Waals surface area contributed by atoms with Crippen LogP contribution in [-0.2, 0) is 19.1 Å². The van der Waals surface area contributed by atoms with Crippen LogP contribution in [0.25, 0.3) is 11.1 Å². The molecule has 3 N–H and O–H groups in total. The van der Waals surface area contributed by atoms with Crippen LogP contribution in [-0.4, -0.2) is 55.5 Å². The Morgan fingerprint density at radius 1 is 0.971 bits per heavy atom. The number of benzene rings is 2. The van der Waals surface area contributed by atoms with Crippen LogP contribution in [0.15, 0.2) is 48.5 Å². The number of rotatable bonds is 12. The lowest BCUT2D eigenvalue weighted by Crippen LogP contribution is -2.40. The first-order chi connectivity index (χ1) is 16.4. The minimum absolute atomic E-state index is 0.00343.